The van der Waals surface area contributed by atoms with Crippen molar-refractivity contribution in [3.8, 4) is 0 Å². The summed E-state index contributed by atoms with van der Waals surface area (Å²) in [6.45, 7) is 0. The van der Waals surface area contributed by atoms with Crippen molar-refractivity contribution in [3.05, 3.63) is 0 Å². The maximum absolute atomic E-state index is 10.9. The van der Waals surface area contributed by atoms with Crippen LogP contribution in [0, 0.1) is 0 Å². The Morgan fingerprint density at radius 1 is 1.00 bits per heavy atom. The highest BCUT2D eigenvalue weighted by atomic mass is 16.7. The lowest BCUT2D eigenvalue weighted by Crippen LogP contribution is -2.41. The van der Waals surface area contributed by atoms with E-state index < -0.39 is 24.1 Å². The molecule has 0 aromatic carbocycles. The largest absolute Gasteiger partial charge is 0.360 e. The first-order valence-electron chi connectivity index (χ1n) is 3.63. The standard InChI is InChI=1S/C6H12N2O6/c1-7-13-5(11)3(9)4(10)6(12)14-8-2/h5-8,11-12H,1-2H3. The Balaban J connectivity index is 4.17. The molecule has 2 atom stereocenters. The molecule has 2 unspecified atom stereocenters. The van der Waals surface area contributed by atoms with Gasteiger partial charge in [0.15, 0.2) is 0 Å². The van der Waals surface area contributed by atoms with Crippen molar-refractivity contribution in [2.75, 3.05) is 14.1 Å². The van der Waals surface area contributed by atoms with Gasteiger partial charge in [0.2, 0.25) is 12.6 Å². The smallest absolute Gasteiger partial charge is 0.261 e. The first kappa shape index (κ1) is 13.1. The van der Waals surface area contributed by atoms with Crippen LogP contribution in [0.1, 0.15) is 0 Å². The Hall–Kier alpha value is -0.900. The number of nitrogens with one attached hydrogen (secondary N) is 2. The molecule has 0 aliphatic carbocycles. The SMILES string of the molecule is CNOC(O)C(=O)C(=O)C(O)ONC. The number of hydrogen-bond acceptors (Lipinski definition) is 8. The molecule has 0 heterocycles. The van der Waals surface area contributed by atoms with Gasteiger partial charge in [0.25, 0.3) is 11.6 Å². The lowest BCUT2D eigenvalue weighted by atomic mass is 10.2. The van der Waals surface area contributed by atoms with Crippen LogP contribution >= 0.6 is 0 Å². The molecule has 0 fully saturated rings. The number of aliphatic hydroxyl groups is 2. The van der Waals surface area contributed by atoms with Gasteiger partial charge in [-0.15, -0.1) is 0 Å². The zero-order valence-corrected chi connectivity index (χ0v) is 7.68. The second-order valence-electron chi connectivity index (χ2n) is 2.08. The van der Waals surface area contributed by atoms with Crippen LogP contribution in [-0.4, -0.2) is 48.5 Å². The second-order valence-corrected chi connectivity index (χ2v) is 2.08. The number of ketones is 2. The molecule has 0 saturated heterocycles. The van der Waals surface area contributed by atoms with E-state index in [9.17, 15) is 9.59 Å². The zero-order valence-electron chi connectivity index (χ0n) is 7.68. The molecule has 0 saturated carbocycles. The van der Waals surface area contributed by atoms with E-state index in [0.29, 0.717) is 0 Å². The lowest BCUT2D eigenvalue weighted by Gasteiger charge is -2.11. The average Bonchev–Trinajstić information content (AvgIpc) is 2.16. The summed E-state index contributed by atoms with van der Waals surface area (Å²) in [6.07, 6.45) is -3.94. The Morgan fingerprint density at radius 3 is 1.50 bits per heavy atom. The minimum atomic E-state index is -1.97. The van der Waals surface area contributed by atoms with Crippen molar-refractivity contribution < 1.29 is 29.5 Å². The summed E-state index contributed by atoms with van der Waals surface area (Å²) in [6, 6.07) is 0. The van der Waals surface area contributed by atoms with Crippen molar-refractivity contribution in [1.82, 2.24) is 11.0 Å². The minimum Gasteiger partial charge on any atom is -0.360 e. The van der Waals surface area contributed by atoms with Crippen molar-refractivity contribution in [2.45, 2.75) is 12.6 Å². The molecule has 8 heteroatoms. The molecule has 14 heavy (non-hydrogen) atoms. The summed E-state index contributed by atoms with van der Waals surface area (Å²) in [4.78, 5) is 30.2. The molecule has 0 amide bonds. The number of carbonyl (C=O) groups excluding carboxylic acids is 2. The number of hydrogen-bond donors (Lipinski definition) is 4. The van der Waals surface area contributed by atoms with Crippen LogP contribution in [0.5, 0.6) is 0 Å². The fraction of sp³-hybridized carbons (Fsp3) is 0.667. The molecular formula is C6H12N2O6. The molecule has 0 radical (unpaired) electrons. The summed E-state index contributed by atoms with van der Waals surface area (Å²) in [5.41, 5.74) is 4.03. The van der Waals surface area contributed by atoms with Gasteiger partial charge < -0.3 is 10.2 Å². The van der Waals surface area contributed by atoms with Gasteiger partial charge in [-0.05, 0) is 0 Å². The normalized spacial score (nSPS) is 14.9. The van der Waals surface area contributed by atoms with Gasteiger partial charge in [0.1, 0.15) is 0 Å². The van der Waals surface area contributed by atoms with Gasteiger partial charge in [-0.25, -0.2) is 11.0 Å². The maximum atomic E-state index is 10.9. The van der Waals surface area contributed by atoms with E-state index in [0.717, 1.165) is 0 Å². The van der Waals surface area contributed by atoms with Crippen LogP contribution in [0.4, 0.5) is 0 Å². The number of carbonyl (C=O) groups is 2. The number of hydroxylamine groups is 2. The molecule has 0 aliphatic heterocycles. The summed E-state index contributed by atoms with van der Waals surface area (Å²) in [5, 5.41) is 17.7. The van der Waals surface area contributed by atoms with E-state index in [4.69, 9.17) is 10.2 Å². The van der Waals surface area contributed by atoms with Gasteiger partial charge in [-0.3, -0.25) is 19.3 Å². The molecule has 0 aromatic heterocycles. The van der Waals surface area contributed by atoms with Crippen molar-refractivity contribution in [1.29, 1.82) is 0 Å². The van der Waals surface area contributed by atoms with E-state index in [1.54, 1.807) is 0 Å². The van der Waals surface area contributed by atoms with Gasteiger partial charge in [0.05, 0.1) is 0 Å². The van der Waals surface area contributed by atoms with E-state index in [1.165, 1.54) is 14.1 Å². The third kappa shape index (κ3) is 3.87. The Labute approximate surface area is 79.7 Å². The highest BCUT2D eigenvalue weighted by molar-refractivity contribution is 6.39. The van der Waals surface area contributed by atoms with E-state index >= 15 is 0 Å². The molecule has 0 spiro atoms. The van der Waals surface area contributed by atoms with Crippen LogP contribution in [0.3, 0.4) is 0 Å². The van der Waals surface area contributed by atoms with Crippen molar-refractivity contribution in [2.24, 2.45) is 0 Å². The van der Waals surface area contributed by atoms with Gasteiger partial charge in [0, 0.05) is 14.1 Å². The molecular weight excluding hydrogens is 196 g/mol. The molecule has 0 rings (SSSR count). The summed E-state index contributed by atoms with van der Waals surface area (Å²) in [7, 11) is 2.59. The first-order valence-corrected chi connectivity index (χ1v) is 3.63. The van der Waals surface area contributed by atoms with Gasteiger partial charge in [-0.1, -0.05) is 0 Å². The summed E-state index contributed by atoms with van der Waals surface area (Å²) in [5.74, 6) is -2.63. The second kappa shape index (κ2) is 6.54. The molecule has 0 aliphatic rings. The number of rotatable bonds is 7. The quantitative estimate of drug-likeness (QED) is 0.199. The minimum absolute atomic E-state index is 1.29. The van der Waals surface area contributed by atoms with Crippen LogP contribution in [0.2, 0.25) is 0 Å². The molecule has 0 aromatic rings. The molecule has 0 bridgehead atoms. The lowest BCUT2D eigenvalue weighted by molar-refractivity contribution is -0.188. The monoisotopic (exact) mass is 208 g/mol. The fourth-order valence-electron chi connectivity index (χ4n) is 0.574. The topological polar surface area (TPSA) is 117 Å². The van der Waals surface area contributed by atoms with E-state index in [2.05, 4.69) is 9.68 Å². The Bertz CT molecular complexity index is 186. The van der Waals surface area contributed by atoms with Crippen molar-refractivity contribution >= 4 is 11.6 Å². The summed E-state index contributed by atoms with van der Waals surface area (Å²) >= 11 is 0. The fourth-order valence-corrected chi connectivity index (χ4v) is 0.574. The van der Waals surface area contributed by atoms with Crippen molar-refractivity contribution in [3.63, 3.8) is 0 Å². The van der Waals surface area contributed by atoms with Crippen LogP contribution < -0.4 is 11.0 Å². The van der Waals surface area contributed by atoms with Crippen LogP contribution in [-0.2, 0) is 19.3 Å². The van der Waals surface area contributed by atoms with Gasteiger partial charge in [-0.2, -0.15) is 0 Å². The Morgan fingerprint density at radius 2 is 1.29 bits per heavy atom. The average molecular weight is 208 g/mol. The first-order chi connectivity index (χ1) is 6.54. The third-order valence-electron chi connectivity index (χ3n) is 1.15. The number of aliphatic hydroxyl groups excluding tert-OH is 2. The molecule has 4 N–H and O–H groups in total. The summed E-state index contributed by atoms with van der Waals surface area (Å²) < 4.78 is 0. The predicted octanol–water partition coefficient (Wildman–Crippen LogP) is -2.94. The third-order valence-corrected chi connectivity index (χ3v) is 1.15. The van der Waals surface area contributed by atoms with Crippen LogP contribution in [0.15, 0.2) is 0 Å². The highest BCUT2D eigenvalue weighted by Gasteiger charge is 2.30. The molecule has 82 valence electrons. The molecule has 8 nitrogen and oxygen atoms in total. The maximum Gasteiger partial charge on any atom is 0.261 e. The van der Waals surface area contributed by atoms with E-state index in [1.807, 2.05) is 11.0 Å². The number of Topliss-reactive ketones (excluding diaryl/α,β-unsaturated/α-hetero) is 2. The highest BCUT2D eigenvalue weighted by Crippen LogP contribution is 1.94. The van der Waals surface area contributed by atoms with Crippen LogP contribution in [0.25, 0.3) is 0 Å². The van der Waals surface area contributed by atoms with Gasteiger partial charge >= 0.3 is 0 Å². The predicted molar refractivity (Wildman–Crippen MR) is 42.3 cm³/mol. The van der Waals surface area contributed by atoms with E-state index in [-0.39, 0.29) is 0 Å². The Kier molecular flexibility index (Phi) is 6.12. The zero-order chi connectivity index (χ0) is 11.1.